The van der Waals surface area contributed by atoms with Crippen molar-refractivity contribution in [2.45, 2.75) is 46.0 Å². The number of aliphatic imine (C=N–C) groups is 1. The maximum atomic E-state index is 13.5. The molecule has 0 spiro atoms. The van der Waals surface area contributed by atoms with Crippen LogP contribution in [0.3, 0.4) is 0 Å². The minimum absolute atomic E-state index is 0.0425. The fourth-order valence-corrected chi connectivity index (χ4v) is 5.61. The molecule has 204 valence electrons. The first-order chi connectivity index (χ1) is 18.4. The molecule has 4 rings (SSSR count). The fraction of sp³-hybridized carbons (Fsp3) is 0.500. The van der Waals surface area contributed by atoms with Gasteiger partial charge < -0.3 is 25.4 Å². The number of aliphatic hydroxyl groups excluding tert-OH is 1. The van der Waals surface area contributed by atoms with Crippen molar-refractivity contribution in [3.63, 3.8) is 0 Å². The summed E-state index contributed by atoms with van der Waals surface area (Å²) in [5.41, 5.74) is 10.3. The van der Waals surface area contributed by atoms with Gasteiger partial charge in [-0.3, -0.25) is 9.59 Å². The molecule has 2 aliphatic heterocycles. The summed E-state index contributed by atoms with van der Waals surface area (Å²) in [7, 11) is 1.66. The van der Waals surface area contributed by atoms with Gasteiger partial charge >= 0.3 is 0 Å². The number of amidine groups is 1. The van der Waals surface area contributed by atoms with Gasteiger partial charge in [0.05, 0.1) is 12.8 Å². The van der Waals surface area contributed by atoms with Gasteiger partial charge in [-0.1, -0.05) is 32.1 Å². The first-order valence-corrected chi connectivity index (χ1v) is 13.7. The number of methoxy groups -OCH3 is 1. The van der Waals surface area contributed by atoms with Crippen LogP contribution in [0, 0.1) is 11.8 Å². The second-order valence-corrected chi connectivity index (χ2v) is 10.3. The van der Waals surface area contributed by atoms with Gasteiger partial charge in [0.2, 0.25) is 5.91 Å². The molecular weight excluding hydrogens is 480 g/mol. The molecule has 0 saturated carbocycles. The highest BCUT2D eigenvalue weighted by Crippen LogP contribution is 2.42. The summed E-state index contributed by atoms with van der Waals surface area (Å²) in [5.74, 6) is 0.989. The number of allylic oxidation sites excluding steroid dienone is 4. The van der Waals surface area contributed by atoms with Gasteiger partial charge in [-0.15, -0.1) is 0 Å². The highest BCUT2D eigenvalue weighted by atomic mass is 16.5. The zero-order valence-electron chi connectivity index (χ0n) is 22.8. The Morgan fingerprint density at radius 2 is 1.89 bits per heavy atom. The van der Waals surface area contributed by atoms with E-state index in [4.69, 9.17) is 15.5 Å². The summed E-state index contributed by atoms with van der Waals surface area (Å²) in [4.78, 5) is 34.7. The topological polar surface area (TPSA) is 108 Å². The Morgan fingerprint density at radius 3 is 2.53 bits per heavy atom. The number of benzene rings is 1. The van der Waals surface area contributed by atoms with Crippen molar-refractivity contribution in [2.24, 2.45) is 22.6 Å². The van der Waals surface area contributed by atoms with Crippen molar-refractivity contribution in [1.29, 1.82) is 0 Å². The Morgan fingerprint density at radius 1 is 1.18 bits per heavy atom. The minimum atomic E-state index is -0.161. The summed E-state index contributed by atoms with van der Waals surface area (Å²) < 4.78 is 5.91. The highest BCUT2D eigenvalue weighted by Gasteiger charge is 2.34. The molecule has 1 aromatic carbocycles. The number of hydrogen-bond acceptors (Lipinski definition) is 6. The van der Waals surface area contributed by atoms with Crippen molar-refractivity contribution in [1.82, 2.24) is 9.80 Å². The van der Waals surface area contributed by atoms with Gasteiger partial charge in [-0.05, 0) is 49.5 Å². The Bertz CT molecular complexity index is 1160. The average molecular weight is 521 g/mol. The molecule has 2 unspecified atom stereocenters. The molecular formula is C30H40N4O4. The molecule has 0 radical (unpaired) electrons. The Kier molecular flexibility index (Phi) is 9.05. The van der Waals surface area contributed by atoms with Crippen LogP contribution >= 0.6 is 0 Å². The van der Waals surface area contributed by atoms with Crippen molar-refractivity contribution in [2.75, 3.05) is 39.9 Å². The Hall–Kier alpha value is -3.39. The molecule has 0 bridgehead atoms. The lowest BCUT2D eigenvalue weighted by Crippen LogP contribution is -2.35. The molecule has 38 heavy (non-hydrogen) atoms. The number of aliphatic hydroxyl groups is 1. The molecule has 2 amide bonds. The van der Waals surface area contributed by atoms with Crippen LogP contribution in [0.1, 0.15) is 61.9 Å². The van der Waals surface area contributed by atoms with Crippen LogP contribution in [-0.2, 0) is 9.53 Å². The second kappa shape index (κ2) is 12.4. The molecule has 3 aliphatic rings. The second-order valence-electron chi connectivity index (χ2n) is 10.3. The number of carbonyl (C=O) groups is 2. The third-order valence-corrected chi connectivity index (χ3v) is 7.57. The standard InChI is InChI=1S/C30H40N4O4/c1-4-12-33(15-7-16-35)30(37)23-17-24-20(2)28(38-3)25(19-26(24)32-27(31)18-23)21-8-10-22(11-9-21)29(36)34-13-5-6-14-34/h8-11,17,19-20,24,35H,4-7,12-16,18H2,1-3H3,(H2,31,32). The molecule has 1 aromatic rings. The predicted molar refractivity (Wildman–Crippen MR) is 149 cm³/mol. The van der Waals surface area contributed by atoms with Crippen LogP contribution in [-0.4, -0.2) is 72.5 Å². The predicted octanol–water partition coefficient (Wildman–Crippen LogP) is 3.74. The summed E-state index contributed by atoms with van der Waals surface area (Å²) in [6, 6.07) is 7.67. The SMILES string of the molecule is CCCN(CCCO)C(=O)C1=CC2C(=CC(c3ccc(C(=O)N4CCCC4)cc3)=C(OC)C2C)N=C(N)C1. The summed E-state index contributed by atoms with van der Waals surface area (Å²) in [6.45, 7) is 6.92. The minimum Gasteiger partial charge on any atom is -0.500 e. The van der Waals surface area contributed by atoms with Gasteiger partial charge in [0, 0.05) is 67.8 Å². The molecule has 2 heterocycles. The monoisotopic (exact) mass is 520 g/mol. The maximum Gasteiger partial charge on any atom is 0.253 e. The zero-order valence-corrected chi connectivity index (χ0v) is 22.8. The highest BCUT2D eigenvalue weighted by molar-refractivity contribution is 6.00. The first kappa shape index (κ1) is 27.6. The van der Waals surface area contributed by atoms with Gasteiger partial charge in [0.1, 0.15) is 11.6 Å². The summed E-state index contributed by atoms with van der Waals surface area (Å²) in [5, 5.41) is 9.28. The van der Waals surface area contributed by atoms with Crippen molar-refractivity contribution in [3.8, 4) is 0 Å². The third-order valence-electron chi connectivity index (χ3n) is 7.57. The smallest absolute Gasteiger partial charge is 0.253 e. The van der Waals surface area contributed by atoms with E-state index in [1.807, 2.05) is 48.2 Å². The van der Waals surface area contributed by atoms with E-state index < -0.39 is 0 Å². The largest absolute Gasteiger partial charge is 0.500 e. The zero-order chi connectivity index (χ0) is 27.2. The lowest BCUT2D eigenvalue weighted by molar-refractivity contribution is -0.127. The third kappa shape index (κ3) is 5.85. The van der Waals surface area contributed by atoms with Crippen molar-refractivity contribution < 1.29 is 19.4 Å². The number of fused-ring (bicyclic) bond motifs is 1. The van der Waals surface area contributed by atoms with Gasteiger partial charge in [0.25, 0.3) is 5.91 Å². The number of ether oxygens (including phenoxy) is 1. The number of carbonyl (C=O) groups excluding carboxylic acids is 2. The van der Waals surface area contributed by atoms with Crippen LogP contribution in [0.4, 0.5) is 0 Å². The van der Waals surface area contributed by atoms with Crippen LogP contribution in [0.2, 0.25) is 0 Å². The van der Waals surface area contributed by atoms with E-state index in [0.717, 1.165) is 54.9 Å². The maximum absolute atomic E-state index is 13.5. The van der Waals surface area contributed by atoms with Gasteiger partial charge in [-0.2, -0.15) is 0 Å². The van der Waals surface area contributed by atoms with E-state index in [0.29, 0.717) is 36.5 Å². The van der Waals surface area contributed by atoms with Gasteiger partial charge in [-0.25, -0.2) is 4.99 Å². The van der Waals surface area contributed by atoms with E-state index in [2.05, 4.69) is 6.92 Å². The first-order valence-electron chi connectivity index (χ1n) is 13.7. The normalized spacial score (nSPS) is 21.3. The lowest BCUT2D eigenvalue weighted by Gasteiger charge is -2.30. The molecule has 1 aliphatic carbocycles. The van der Waals surface area contributed by atoms with E-state index in [9.17, 15) is 14.7 Å². The number of amides is 2. The van der Waals surface area contributed by atoms with Crippen LogP contribution < -0.4 is 5.73 Å². The van der Waals surface area contributed by atoms with Crippen molar-refractivity contribution >= 4 is 23.2 Å². The average Bonchev–Trinajstić information content (AvgIpc) is 3.40. The summed E-state index contributed by atoms with van der Waals surface area (Å²) in [6.07, 6.45) is 7.77. The molecule has 0 aromatic heterocycles. The number of nitrogens with two attached hydrogens (primary N) is 1. The van der Waals surface area contributed by atoms with E-state index in [1.54, 1.807) is 12.0 Å². The van der Waals surface area contributed by atoms with Crippen LogP contribution in [0.15, 0.2) is 58.4 Å². The molecule has 8 heteroatoms. The molecule has 1 fully saturated rings. The molecule has 1 saturated heterocycles. The summed E-state index contributed by atoms with van der Waals surface area (Å²) >= 11 is 0. The van der Waals surface area contributed by atoms with E-state index in [-0.39, 0.29) is 36.7 Å². The number of nitrogens with zero attached hydrogens (tertiary/aromatic N) is 3. The van der Waals surface area contributed by atoms with Crippen LogP contribution in [0.5, 0.6) is 0 Å². The van der Waals surface area contributed by atoms with Crippen molar-refractivity contribution in [3.05, 3.63) is 64.6 Å². The Balaban J connectivity index is 1.64. The lowest BCUT2D eigenvalue weighted by atomic mass is 9.80. The van der Waals surface area contributed by atoms with E-state index in [1.165, 1.54) is 0 Å². The number of likely N-dealkylation sites (tertiary alicyclic amines) is 1. The number of hydrogen-bond donors (Lipinski definition) is 2. The van der Waals surface area contributed by atoms with E-state index >= 15 is 0 Å². The molecule has 8 nitrogen and oxygen atoms in total. The Labute approximate surface area is 225 Å². The fourth-order valence-electron chi connectivity index (χ4n) is 5.61. The van der Waals surface area contributed by atoms with Crippen LogP contribution in [0.25, 0.3) is 5.57 Å². The molecule has 2 atom stereocenters. The number of rotatable bonds is 9. The quantitative estimate of drug-likeness (QED) is 0.516. The molecule has 3 N–H and O–H groups in total. The van der Waals surface area contributed by atoms with Gasteiger partial charge in [0.15, 0.2) is 0 Å².